The number of hydrogen-bond acceptors (Lipinski definition) is 3. The van der Waals surface area contributed by atoms with Crippen molar-refractivity contribution in [2.24, 2.45) is 0 Å². The Kier molecular flexibility index (Phi) is 4.77. The maximum Gasteiger partial charge on any atom is 0.317 e. The number of carbonyl (C=O) groups excluding carboxylic acids is 1. The van der Waals surface area contributed by atoms with E-state index < -0.39 is 0 Å². The molecule has 3 nitrogen and oxygen atoms in total. The molecule has 0 unspecified atom stereocenters. The van der Waals surface area contributed by atoms with E-state index in [1.54, 1.807) is 0 Å². The molecule has 3 rings (SSSR count). The first kappa shape index (κ1) is 15.8. The van der Waals surface area contributed by atoms with Crippen LogP contribution in [0.5, 0.6) is 0 Å². The summed E-state index contributed by atoms with van der Waals surface area (Å²) in [6.45, 7) is 1.16. The fourth-order valence-electron chi connectivity index (χ4n) is 3.19. The smallest absolute Gasteiger partial charge is 0.317 e. The quantitative estimate of drug-likeness (QED) is 0.813. The molecule has 0 saturated carbocycles. The number of ether oxygens (including phenoxy) is 1. The van der Waals surface area contributed by atoms with E-state index in [0.717, 1.165) is 30.5 Å². The summed E-state index contributed by atoms with van der Waals surface area (Å²) in [5, 5.41) is 0. The summed E-state index contributed by atoms with van der Waals surface area (Å²) >= 11 is 0. The Bertz CT molecular complexity index is 646. The monoisotopic (exact) mass is 309 g/mol. The second-order valence-electron chi connectivity index (χ2n) is 6.30. The topological polar surface area (TPSA) is 29.5 Å². The summed E-state index contributed by atoms with van der Waals surface area (Å²) < 4.78 is 5.58. The van der Waals surface area contributed by atoms with Gasteiger partial charge in [-0.15, -0.1) is 0 Å². The van der Waals surface area contributed by atoms with E-state index in [-0.39, 0.29) is 11.9 Å². The minimum Gasteiger partial charge on any atom is -0.464 e. The molecular weight excluding hydrogens is 286 g/mol. The van der Waals surface area contributed by atoms with Gasteiger partial charge in [0.15, 0.2) is 0 Å². The maximum atomic E-state index is 12.8. The molecule has 23 heavy (non-hydrogen) atoms. The number of hydrogen-bond donors (Lipinski definition) is 0. The average molecular weight is 309 g/mol. The summed E-state index contributed by atoms with van der Waals surface area (Å²) in [5.74, 6) is -0.458. The van der Waals surface area contributed by atoms with Gasteiger partial charge in [0.05, 0.1) is 0 Å². The van der Waals surface area contributed by atoms with E-state index in [1.807, 2.05) is 43.3 Å². The van der Waals surface area contributed by atoms with Gasteiger partial charge in [0, 0.05) is 6.54 Å². The van der Waals surface area contributed by atoms with Gasteiger partial charge >= 0.3 is 5.97 Å². The lowest BCUT2D eigenvalue weighted by Crippen LogP contribution is -2.24. The molecule has 0 saturated heterocycles. The molecule has 1 aliphatic carbocycles. The van der Waals surface area contributed by atoms with Gasteiger partial charge in [-0.25, -0.2) is 0 Å². The van der Waals surface area contributed by atoms with E-state index in [4.69, 9.17) is 4.74 Å². The molecular formula is C20H23NO2. The van der Waals surface area contributed by atoms with Crippen molar-refractivity contribution >= 4 is 5.97 Å². The van der Waals surface area contributed by atoms with E-state index in [0.29, 0.717) is 6.61 Å². The molecule has 1 aliphatic rings. The van der Waals surface area contributed by atoms with Gasteiger partial charge in [-0.05, 0) is 49.2 Å². The van der Waals surface area contributed by atoms with Crippen molar-refractivity contribution in [2.75, 3.05) is 27.2 Å². The van der Waals surface area contributed by atoms with E-state index >= 15 is 0 Å². The van der Waals surface area contributed by atoms with Gasteiger partial charge in [0.1, 0.15) is 12.5 Å². The van der Waals surface area contributed by atoms with Crippen molar-refractivity contribution in [3.05, 3.63) is 70.8 Å². The summed E-state index contributed by atoms with van der Waals surface area (Å²) in [5.41, 5.74) is 4.68. The standard InChI is InChI=1S/C20H23NO2/c1-21(2)13-14-23-20(22)19-17-9-5-3-7-15(17)11-12-16-8-4-6-10-18(16)19/h3-10,19H,11-14H2,1-2H3. The Labute approximate surface area is 137 Å². The minimum absolute atomic E-state index is 0.145. The second-order valence-corrected chi connectivity index (χ2v) is 6.30. The van der Waals surface area contributed by atoms with Crippen molar-refractivity contribution in [1.29, 1.82) is 0 Å². The fraction of sp³-hybridized carbons (Fsp3) is 0.350. The Morgan fingerprint density at radius 3 is 2.04 bits per heavy atom. The Morgan fingerprint density at radius 1 is 1.00 bits per heavy atom. The Hall–Kier alpha value is -2.13. The van der Waals surface area contributed by atoms with E-state index in [1.165, 1.54) is 11.1 Å². The molecule has 0 radical (unpaired) electrons. The van der Waals surface area contributed by atoms with E-state index in [9.17, 15) is 4.79 Å². The van der Waals surface area contributed by atoms with Crippen LogP contribution in [0.25, 0.3) is 0 Å². The van der Waals surface area contributed by atoms with Crippen LogP contribution in [0.4, 0.5) is 0 Å². The SMILES string of the molecule is CN(C)CCOC(=O)C1c2ccccc2CCc2ccccc21. The molecule has 0 atom stereocenters. The summed E-state index contributed by atoms with van der Waals surface area (Å²) in [7, 11) is 3.95. The summed E-state index contributed by atoms with van der Waals surface area (Å²) in [4.78, 5) is 14.8. The summed E-state index contributed by atoms with van der Waals surface area (Å²) in [6, 6.07) is 16.5. The third-order valence-corrected chi connectivity index (χ3v) is 4.41. The molecule has 2 aromatic carbocycles. The number of carbonyl (C=O) groups is 1. The molecule has 0 spiro atoms. The lowest BCUT2D eigenvalue weighted by molar-refractivity contribution is -0.144. The van der Waals surface area contributed by atoms with Crippen LogP contribution in [-0.2, 0) is 22.4 Å². The molecule has 2 aromatic rings. The molecule has 0 aromatic heterocycles. The third kappa shape index (κ3) is 3.45. The minimum atomic E-state index is -0.313. The third-order valence-electron chi connectivity index (χ3n) is 4.41. The zero-order valence-corrected chi connectivity index (χ0v) is 13.8. The predicted octanol–water partition coefficient (Wildman–Crippen LogP) is 3.02. The highest BCUT2D eigenvalue weighted by atomic mass is 16.5. The van der Waals surface area contributed by atoms with Crippen molar-refractivity contribution in [1.82, 2.24) is 4.90 Å². The lowest BCUT2D eigenvalue weighted by atomic mass is 9.88. The number of fused-ring (bicyclic) bond motifs is 2. The molecule has 0 aliphatic heterocycles. The summed E-state index contributed by atoms with van der Waals surface area (Å²) in [6.07, 6.45) is 1.93. The number of aryl methyl sites for hydroxylation is 2. The normalized spacial score (nSPS) is 14.0. The van der Waals surface area contributed by atoms with Crippen LogP contribution in [-0.4, -0.2) is 38.1 Å². The zero-order valence-electron chi connectivity index (χ0n) is 13.8. The van der Waals surface area contributed by atoms with E-state index in [2.05, 4.69) is 24.3 Å². The molecule has 120 valence electrons. The van der Waals surface area contributed by atoms with Gasteiger partial charge in [-0.1, -0.05) is 48.5 Å². The average Bonchev–Trinajstić information content (AvgIpc) is 2.71. The van der Waals surface area contributed by atoms with Crippen LogP contribution in [0, 0.1) is 0 Å². The highest BCUT2D eigenvalue weighted by Gasteiger charge is 2.30. The number of nitrogens with zero attached hydrogens (tertiary/aromatic N) is 1. The van der Waals surface area contributed by atoms with Crippen LogP contribution in [0.1, 0.15) is 28.2 Å². The molecule has 0 N–H and O–H groups in total. The van der Waals surface area contributed by atoms with Crippen LogP contribution in [0.15, 0.2) is 48.5 Å². The molecule has 3 heteroatoms. The number of esters is 1. The van der Waals surface area contributed by atoms with Crippen molar-refractivity contribution in [3.8, 4) is 0 Å². The predicted molar refractivity (Wildman–Crippen MR) is 91.6 cm³/mol. The number of rotatable bonds is 4. The van der Waals surface area contributed by atoms with Gasteiger partial charge < -0.3 is 9.64 Å². The molecule has 0 fully saturated rings. The second kappa shape index (κ2) is 6.97. The Balaban J connectivity index is 1.95. The van der Waals surface area contributed by atoms with Crippen molar-refractivity contribution in [2.45, 2.75) is 18.8 Å². The van der Waals surface area contributed by atoms with Crippen LogP contribution < -0.4 is 0 Å². The van der Waals surface area contributed by atoms with Crippen LogP contribution >= 0.6 is 0 Å². The van der Waals surface area contributed by atoms with Gasteiger partial charge in [-0.3, -0.25) is 4.79 Å². The zero-order chi connectivity index (χ0) is 16.2. The Morgan fingerprint density at radius 2 is 1.52 bits per heavy atom. The number of likely N-dealkylation sites (N-methyl/N-ethyl adjacent to an activating group) is 1. The van der Waals surface area contributed by atoms with Gasteiger partial charge in [-0.2, -0.15) is 0 Å². The maximum absolute atomic E-state index is 12.8. The number of benzene rings is 2. The fourth-order valence-corrected chi connectivity index (χ4v) is 3.19. The highest BCUT2D eigenvalue weighted by molar-refractivity contribution is 5.83. The molecule has 0 amide bonds. The van der Waals surface area contributed by atoms with Gasteiger partial charge in [0.2, 0.25) is 0 Å². The molecule has 0 heterocycles. The van der Waals surface area contributed by atoms with Crippen molar-refractivity contribution in [3.63, 3.8) is 0 Å². The lowest BCUT2D eigenvalue weighted by Gasteiger charge is -2.19. The first-order valence-electron chi connectivity index (χ1n) is 8.14. The van der Waals surface area contributed by atoms with Crippen LogP contribution in [0.2, 0.25) is 0 Å². The highest BCUT2D eigenvalue weighted by Crippen LogP contribution is 2.35. The van der Waals surface area contributed by atoms with Crippen LogP contribution in [0.3, 0.4) is 0 Å². The van der Waals surface area contributed by atoms with Gasteiger partial charge in [0.25, 0.3) is 0 Å². The largest absolute Gasteiger partial charge is 0.464 e. The van der Waals surface area contributed by atoms with Crippen molar-refractivity contribution < 1.29 is 9.53 Å². The first-order chi connectivity index (χ1) is 11.2. The molecule has 0 bridgehead atoms. The first-order valence-corrected chi connectivity index (χ1v) is 8.14.